The minimum atomic E-state index is -1.57. The van der Waals surface area contributed by atoms with Crippen LogP contribution in [-0.2, 0) is 5.21 Å². The summed E-state index contributed by atoms with van der Waals surface area (Å²) in [7, 11) is -3.14. The van der Waals surface area contributed by atoms with Crippen LogP contribution in [0.15, 0.2) is 18.2 Å². The zero-order valence-electron chi connectivity index (χ0n) is 19.4. The van der Waals surface area contributed by atoms with Gasteiger partial charge >= 0.3 is 5.84 Å². The summed E-state index contributed by atoms with van der Waals surface area (Å²) >= 11 is 0. The van der Waals surface area contributed by atoms with E-state index in [0.717, 1.165) is 20.9 Å². The van der Waals surface area contributed by atoms with E-state index in [-0.39, 0.29) is 5.84 Å². The molecule has 155 valence electrons. The first-order valence-corrected chi connectivity index (χ1v) is 17.0. The molecule has 0 bridgehead atoms. The Labute approximate surface area is 178 Å². The van der Waals surface area contributed by atoms with Crippen molar-refractivity contribution in [3.05, 3.63) is 40.1 Å². The van der Waals surface area contributed by atoms with Crippen molar-refractivity contribution in [3.8, 4) is 22.9 Å². The van der Waals surface area contributed by atoms with Gasteiger partial charge in [-0.25, -0.2) is 0 Å². The third kappa shape index (κ3) is 4.95. The number of rotatable bonds is 1. The van der Waals surface area contributed by atoms with Gasteiger partial charge in [0, 0.05) is 16.3 Å². The summed E-state index contributed by atoms with van der Waals surface area (Å²) in [4.78, 5) is 0. The van der Waals surface area contributed by atoms with E-state index in [0.29, 0.717) is 5.56 Å². The average Bonchev–Trinajstić information content (AvgIpc) is 2.67. The summed E-state index contributed by atoms with van der Waals surface area (Å²) in [6.45, 7) is 20.3. The minimum absolute atomic E-state index is 0.132. The zero-order valence-corrected chi connectivity index (χ0v) is 21.4. The summed E-state index contributed by atoms with van der Waals surface area (Å²) in [5, 5.41) is 27.0. The maximum absolute atomic E-state index is 13.1. The third-order valence-electron chi connectivity index (χ3n) is 5.25. The van der Waals surface area contributed by atoms with Gasteiger partial charge < -0.3 is 5.21 Å². The average molecular weight is 426 g/mol. The van der Waals surface area contributed by atoms with Crippen LogP contribution in [0.4, 0.5) is 0 Å². The molecule has 1 aliphatic heterocycles. The number of benzene rings is 1. The molecule has 1 radical (unpaired) electrons. The molecule has 0 amide bonds. The molecule has 0 spiro atoms. The number of nitrogens with zero attached hydrogens (tertiary/aromatic N) is 2. The van der Waals surface area contributed by atoms with Crippen LogP contribution in [-0.4, -0.2) is 42.9 Å². The van der Waals surface area contributed by atoms with Crippen molar-refractivity contribution in [2.24, 2.45) is 0 Å². The Bertz CT molecular complexity index is 922. The lowest BCUT2D eigenvalue weighted by Crippen LogP contribution is -2.53. The van der Waals surface area contributed by atoms with Crippen molar-refractivity contribution in [2.75, 3.05) is 0 Å². The molecular formula is C23H33N2O2Si2. The number of hydrogen-bond acceptors (Lipinski definition) is 2. The Kier molecular flexibility index (Phi) is 5.91. The van der Waals surface area contributed by atoms with Crippen LogP contribution in [0.25, 0.3) is 0 Å². The largest absolute Gasteiger partial charge is 0.714 e. The molecule has 2 rings (SSSR count). The summed E-state index contributed by atoms with van der Waals surface area (Å²) in [6, 6.07) is 5.64. The van der Waals surface area contributed by atoms with Gasteiger partial charge in [-0.15, -0.1) is 11.1 Å². The molecule has 0 atom stereocenters. The van der Waals surface area contributed by atoms with E-state index >= 15 is 0 Å². The van der Waals surface area contributed by atoms with E-state index in [4.69, 9.17) is 0 Å². The van der Waals surface area contributed by atoms with Crippen LogP contribution in [0.1, 0.15) is 44.4 Å². The lowest BCUT2D eigenvalue weighted by Gasteiger charge is -2.32. The molecule has 1 aromatic carbocycles. The molecule has 1 heterocycles. The first-order chi connectivity index (χ1) is 13.0. The van der Waals surface area contributed by atoms with E-state index in [1.807, 2.05) is 18.2 Å². The standard InChI is InChI=1S/C23H33N2O2Si2/c1-22(2)23(3,4)25(27)21(24(22)26)20-16-18(11-13-28(5,6)7)15-19(17-20)12-14-29(8,9)10/h15-17H,1-10H3. The lowest BCUT2D eigenvalue weighted by atomic mass is 9.84. The fourth-order valence-electron chi connectivity index (χ4n) is 2.76. The molecule has 6 heteroatoms. The van der Waals surface area contributed by atoms with Gasteiger partial charge in [0.05, 0.1) is 5.56 Å². The van der Waals surface area contributed by atoms with E-state index in [9.17, 15) is 10.4 Å². The molecule has 0 N–H and O–H groups in total. The van der Waals surface area contributed by atoms with Crippen LogP contribution in [0.5, 0.6) is 0 Å². The van der Waals surface area contributed by atoms with Crippen LogP contribution in [0.3, 0.4) is 0 Å². The predicted octanol–water partition coefficient (Wildman–Crippen LogP) is 4.62. The van der Waals surface area contributed by atoms with Crippen LogP contribution < -0.4 is 0 Å². The van der Waals surface area contributed by atoms with Gasteiger partial charge in [0.1, 0.15) is 21.7 Å². The Morgan fingerprint density at radius 3 is 1.59 bits per heavy atom. The smallest absolute Gasteiger partial charge is 0.316 e. The molecule has 4 nitrogen and oxygen atoms in total. The number of hydrogen-bond donors (Lipinski definition) is 0. The number of hydroxylamine groups is 3. The van der Waals surface area contributed by atoms with Crippen LogP contribution >= 0.6 is 0 Å². The van der Waals surface area contributed by atoms with E-state index < -0.39 is 27.2 Å². The van der Waals surface area contributed by atoms with Gasteiger partial charge in [0.2, 0.25) is 0 Å². The van der Waals surface area contributed by atoms with Crippen LogP contribution in [0.2, 0.25) is 39.3 Å². The van der Waals surface area contributed by atoms with Crippen molar-refractivity contribution >= 4 is 22.0 Å². The fraction of sp³-hybridized carbons (Fsp3) is 0.522. The minimum Gasteiger partial charge on any atom is -0.714 e. The van der Waals surface area contributed by atoms with E-state index in [1.165, 1.54) is 0 Å². The quantitative estimate of drug-likeness (QED) is 0.285. The van der Waals surface area contributed by atoms with Gasteiger partial charge in [-0.3, -0.25) is 4.74 Å². The van der Waals surface area contributed by atoms with Gasteiger partial charge in [-0.2, -0.15) is 0 Å². The summed E-state index contributed by atoms with van der Waals surface area (Å²) < 4.78 is 0.848. The van der Waals surface area contributed by atoms with Gasteiger partial charge in [-0.05, 0) is 45.9 Å². The molecule has 0 aliphatic carbocycles. The SMILES string of the molecule is CC1(C)N([O])C(c2cc(C#C[Si](C)(C)C)cc(C#C[Si](C)(C)C)c2)=[N+]([O-])C1(C)C. The van der Waals surface area contributed by atoms with Crippen LogP contribution in [0, 0.1) is 28.1 Å². The second-order valence-electron chi connectivity index (χ2n) is 10.8. The highest BCUT2D eigenvalue weighted by Gasteiger charge is 2.60. The van der Waals surface area contributed by atoms with E-state index in [2.05, 4.69) is 62.2 Å². The summed E-state index contributed by atoms with van der Waals surface area (Å²) in [5.41, 5.74) is 7.19. The van der Waals surface area contributed by atoms with Crippen molar-refractivity contribution in [1.82, 2.24) is 5.06 Å². The van der Waals surface area contributed by atoms with Crippen molar-refractivity contribution in [3.63, 3.8) is 0 Å². The molecule has 0 saturated carbocycles. The van der Waals surface area contributed by atoms with E-state index in [1.54, 1.807) is 27.7 Å². The molecule has 0 unspecified atom stereocenters. The molecular weight excluding hydrogens is 392 g/mol. The Balaban J connectivity index is 2.72. The molecule has 0 saturated heterocycles. The second-order valence-corrected chi connectivity index (χ2v) is 20.3. The van der Waals surface area contributed by atoms with Crippen molar-refractivity contribution in [1.29, 1.82) is 0 Å². The third-order valence-corrected chi connectivity index (χ3v) is 7.00. The fourth-order valence-corrected chi connectivity index (χ4v) is 3.80. The molecule has 29 heavy (non-hydrogen) atoms. The first-order valence-electron chi connectivity index (χ1n) is 9.99. The van der Waals surface area contributed by atoms with Gasteiger partial charge in [0.15, 0.2) is 5.54 Å². The maximum atomic E-state index is 13.1. The maximum Gasteiger partial charge on any atom is 0.316 e. The number of amidine groups is 1. The van der Waals surface area contributed by atoms with Crippen molar-refractivity contribution < 1.29 is 9.95 Å². The highest BCUT2D eigenvalue weighted by Crippen LogP contribution is 2.37. The summed E-state index contributed by atoms with van der Waals surface area (Å²) in [6.07, 6.45) is 0. The highest BCUT2D eigenvalue weighted by atomic mass is 28.3. The predicted molar refractivity (Wildman–Crippen MR) is 125 cm³/mol. The highest BCUT2D eigenvalue weighted by molar-refractivity contribution is 6.84. The van der Waals surface area contributed by atoms with Gasteiger partial charge in [0.25, 0.3) is 0 Å². The second kappa shape index (κ2) is 7.36. The Morgan fingerprint density at radius 2 is 1.28 bits per heavy atom. The monoisotopic (exact) mass is 425 g/mol. The summed E-state index contributed by atoms with van der Waals surface area (Å²) in [5.74, 6) is 6.65. The van der Waals surface area contributed by atoms with Crippen molar-refractivity contribution in [2.45, 2.75) is 78.1 Å². The zero-order chi connectivity index (χ0) is 22.4. The lowest BCUT2D eigenvalue weighted by molar-refractivity contribution is -0.539. The Morgan fingerprint density at radius 1 is 0.862 bits per heavy atom. The Hall–Kier alpha value is -2.00. The normalized spacial score (nSPS) is 18.1. The molecule has 0 fully saturated rings. The van der Waals surface area contributed by atoms with Gasteiger partial charge in [-0.1, -0.05) is 56.2 Å². The molecule has 1 aromatic rings. The topological polar surface area (TPSA) is 49.2 Å². The molecule has 0 aromatic heterocycles. The molecule has 1 aliphatic rings. The first kappa shape index (κ1) is 23.3.